The van der Waals surface area contributed by atoms with E-state index in [1.807, 2.05) is 6.92 Å². The van der Waals surface area contributed by atoms with Crippen molar-refractivity contribution in [2.24, 2.45) is 5.92 Å². The molecule has 0 bridgehead atoms. The molecule has 138 valence electrons. The van der Waals surface area contributed by atoms with Gasteiger partial charge in [-0.05, 0) is 30.5 Å². The lowest BCUT2D eigenvalue weighted by Crippen LogP contribution is -2.31. The molecule has 0 aliphatic carbocycles. The van der Waals surface area contributed by atoms with Gasteiger partial charge in [0.05, 0.1) is 12.0 Å². The SMILES string of the molecule is CCC(C)C(=O)OCOC(=O)NC(CCC(=O)O)c1ccc(Cl)cc1. The Balaban J connectivity index is 2.58. The summed E-state index contributed by atoms with van der Waals surface area (Å²) in [4.78, 5) is 34.1. The standard InChI is InChI=1S/C17H22ClNO6/c1-3-11(2)16(22)24-10-25-17(23)19-14(8-9-15(20)21)12-4-6-13(18)7-5-12/h4-7,11,14H,3,8-10H2,1-2H3,(H,19,23)(H,20,21). The Morgan fingerprint density at radius 1 is 1.20 bits per heavy atom. The second-order valence-corrected chi connectivity index (χ2v) is 5.94. The van der Waals surface area contributed by atoms with Crippen molar-refractivity contribution in [2.75, 3.05) is 6.79 Å². The van der Waals surface area contributed by atoms with E-state index < -0.39 is 30.9 Å². The van der Waals surface area contributed by atoms with Gasteiger partial charge in [-0.15, -0.1) is 0 Å². The minimum absolute atomic E-state index is 0.128. The van der Waals surface area contributed by atoms with Gasteiger partial charge in [-0.1, -0.05) is 37.6 Å². The number of ether oxygens (including phenoxy) is 2. The zero-order chi connectivity index (χ0) is 18.8. The number of carbonyl (C=O) groups excluding carboxylic acids is 2. The third-order valence-electron chi connectivity index (χ3n) is 3.62. The molecular formula is C17H22ClNO6. The number of hydrogen-bond acceptors (Lipinski definition) is 5. The summed E-state index contributed by atoms with van der Waals surface area (Å²) in [5.74, 6) is -1.70. The van der Waals surface area contributed by atoms with Gasteiger partial charge in [-0.3, -0.25) is 9.59 Å². The van der Waals surface area contributed by atoms with Crippen molar-refractivity contribution in [3.8, 4) is 0 Å². The molecule has 0 radical (unpaired) electrons. The molecule has 2 atom stereocenters. The second kappa shape index (κ2) is 10.6. The number of carboxylic acids is 1. The molecule has 0 saturated heterocycles. The number of benzene rings is 1. The van der Waals surface area contributed by atoms with Crippen molar-refractivity contribution < 1.29 is 29.0 Å². The molecule has 0 saturated carbocycles. The normalized spacial score (nSPS) is 12.8. The summed E-state index contributed by atoms with van der Waals surface area (Å²) < 4.78 is 9.66. The number of carboxylic acid groups (broad SMARTS) is 1. The van der Waals surface area contributed by atoms with Crippen molar-refractivity contribution in [3.63, 3.8) is 0 Å². The van der Waals surface area contributed by atoms with Crippen molar-refractivity contribution in [1.82, 2.24) is 5.32 Å². The minimum Gasteiger partial charge on any atom is -0.481 e. The summed E-state index contributed by atoms with van der Waals surface area (Å²) in [5.41, 5.74) is 0.694. The third kappa shape index (κ3) is 7.89. The van der Waals surface area contributed by atoms with Crippen LogP contribution in [0.15, 0.2) is 24.3 Å². The molecule has 0 aliphatic rings. The van der Waals surface area contributed by atoms with Crippen molar-refractivity contribution in [1.29, 1.82) is 0 Å². The van der Waals surface area contributed by atoms with E-state index in [9.17, 15) is 14.4 Å². The van der Waals surface area contributed by atoms with Crippen LogP contribution in [0.5, 0.6) is 0 Å². The van der Waals surface area contributed by atoms with Gasteiger partial charge in [0.15, 0.2) is 0 Å². The van der Waals surface area contributed by atoms with Crippen LogP contribution in [0, 0.1) is 5.92 Å². The van der Waals surface area contributed by atoms with Crippen LogP contribution in [-0.4, -0.2) is 29.9 Å². The van der Waals surface area contributed by atoms with E-state index in [2.05, 4.69) is 5.32 Å². The summed E-state index contributed by atoms with van der Waals surface area (Å²) in [7, 11) is 0. The molecule has 0 heterocycles. The number of halogens is 1. The molecule has 8 heteroatoms. The maximum atomic E-state index is 11.9. The van der Waals surface area contributed by atoms with Crippen LogP contribution < -0.4 is 5.32 Å². The highest BCUT2D eigenvalue weighted by atomic mass is 35.5. The zero-order valence-electron chi connectivity index (χ0n) is 14.2. The van der Waals surface area contributed by atoms with Gasteiger partial charge in [0, 0.05) is 11.4 Å². The van der Waals surface area contributed by atoms with E-state index in [4.69, 9.17) is 26.2 Å². The largest absolute Gasteiger partial charge is 0.481 e. The fourth-order valence-electron chi connectivity index (χ4n) is 1.92. The maximum Gasteiger partial charge on any atom is 0.410 e. The van der Waals surface area contributed by atoms with Gasteiger partial charge in [0.2, 0.25) is 6.79 Å². The maximum absolute atomic E-state index is 11.9. The first-order valence-corrected chi connectivity index (χ1v) is 8.28. The van der Waals surface area contributed by atoms with Crippen LogP contribution in [0.4, 0.5) is 4.79 Å². The molecule has 0 spiro atoms. The van der Waals surface area contributed by atoms with Crippen LogP contribution in [-0.2, 0) is 19.1 Å². The first-order valence-electron chi connectivity index (χ1n) is 7.90. The van der Waals surface area contributed by atoms with Crippen LogP contribution in [0.25, 0.3) is 0 Å². The molecule has 25 heavy (non-hydrogen) atoms. The predicted octanol–water partition coefficient (Wildman–Crippen LogP) is 3.52. The molecule has 1 amide bonds. The molecule has 0 aliphatic heterocycles. The van der Waals surface area contributed by atoms with E-state index in [0.29, 0.717) is 17.0 Å². The monoisotopic (exact) mass is 371 g/mol. The topological polar surface area (TPSA) is 102 Å². The molecule has 0 fully saturated rings. The number of nitrogens with one attached hydrogen (secondary N) is 1. The van der Waals surface area contributed by atoms with E-state index in [-0.39, 0.29) is 18.8 Å². The first kappa shape index (κ1) is 20.8. The van der Waals surface area contributed by atoms with Gasteiger partial charge in [0.1, 0.15) is 0 Å². The average Bonchev–Trinajstić information content (AvgIpc) is 2.58. The summed E-state index contributed by atoms with van der Waals surface area (Å²) in [6.45, 7) is 3.06. The molecule has 0 aromatic heterocycles. The summed E-state index contributed by atoms with van der Waals surface area (Å²) >= 11 is 5.83. The highest BCUT2D eigenvalue weighted by Gasteiger charge is 2.18. The number of amides is 1. The van der Waals surface area contributed by atoms with Crippen molar-refractivity contribution >= 4 is 29.6 Å². The van der Waals surface area contributed by atoms with E-state index >= 15 is 0 Å². The molecule has 1 aromatic carbocycles. The zero-order valence-corrected chi connectivity index (χ0v) is 14.9. The van der Waals surface area contributed by atoms with E-state index in [0.717, 1.165) is 0 Å². The lowest BCUT2D eigenvalue weighted by atomic mass is 10.0. The Hall–Kier alpha value is -2.28. The molecule has 7 nitrogen and oxygen atoms in total. The third-order valence-corrected chi connectivity index (χ3v) is 3.87. The van der Waals surface area contributed by atoms with Crippen molar-refractivity contribution in [3.05, 3.63) is 34.9 Å². The highest BCUT2D eigenvalue weighted by Crippen LogP contribution is 2.21. The average molecular weight is 372 g/mol. The molecule has 1 rings (SSSR count). The Bertz CT molecular complexity index is 589. The lowest BCUT2D eigenvalue weighted by molar-refractivity contribution is -0.156. The number of hydrogen-bond donors (Lipinski definition) is 2. The van der Waals surface area contributed by atoms with E-state index in [1.54, 1.807) is 31.2 Å². The Morgan fingerprint density at radius 3 is 2.40 bits per heavy atom. The Morgan fingerprint density at radius 2 is 1.84 bits per heavy atom. The molecule has 1 aromatic rings. The highest BCUT2D eigenvalue weighted by molar-refractivity contribution is 6.30. The van der Waals surface area contributed by atoms with Gasteiger partial charge in [0.25, 0.3) is 0 Å². The Labute approximate surface area is 151 Å². The van der Waals surface area contributed by atoms with Crippen LogP contribution in [0.2, 0.25) is 5.02 Å². The first-order chi connectivity index (χ1) is 11.8. The van der Waals surface area contributed by atoms with Crippen LogP contribution in [0.3, 0.4) is 0 Å². The van der Waals surface area contributed by atoms with Crippen LogP contribution in [0.1, 0.15) is 44.7 Å². The number of carbonyl (C=O) groups is 3. The van der Waals surface area contributed by atoms with Crippen molar-refractivity contribution in [2.45, 2.75) is 39.2 Å². The van der Waals surface area contributed by atoms with E-state index in [1.165, 1.54) is 0 Å². The molecule has 2 N–H and O–H groups in total. The van der Waals surface area contributed by atoms with Gasteiger partial charge >= 0.3 is 18.0 Å². The second-order valence-electron chi connectivity index (χ2n) is 5.50. The number of aliphatic carboxylic acids is 1. The summed E-state index contributed by atoms with van der Waals surface area (Å²) in [6.07, 6.45) is -0.129. The predicted molar refractivity (Wildman–Crippen MR) is 91.1 cm³/mol. The quantitative estimate of drug-likeness (QED) is 0.508. The smallest absolute Gasteiger partial charge is 0.410 e. The Kier molecular flexibility index (Phi) is 8.77. The number of esters is 1. The van der Waals surface area contributed by atoms with Gasteiger partial charge < -0.3 is 19.9 Å². The molecular weight excluding hydrogens is 350 g/mol. The lowest BCUT2D eigenvalue weighted by Gasteiger charge is -2.18. The summed E-state index contributed by atoms with van der Waals surface area (Å²) in [6, 6.07) is 6.11. The fourth-order valence-corrected chi connectivity index (χ4v) is 2.04. The van der Waals surface area contributed by atoms with Gasteiger partial charge in [-0.2, -0.15) is 0 Å². The number of rotatable bonds is 9. The minimum atomic E-state index is -0.975. The van der Waals surface area contributed by atoms with Gasteiger partial charge in [-0.25, -0.2) is 4.79 Å². The molecule has 2 unspecified atom stereocenters. The van der Waals surface area contributed by atoms with Crippen LogP contribution >= 0.6 is 11.6 Å². The summed E-state index contributed by atoms with van der Waals surface area (Å²) in [5, 5.41) is 11.9. The fraction of sp³-hybridized carbons (Fsp3) is 0.471. The number of alkyl carbamates (subject to hydrolysis) is 1.